The molecule has 27 heavy (non-hydrogen) atoms. The van der Waals surface area contributed by atoms with E-state index in [1.54, 1.807) is 6.26 Å². The van der Waals surface area contributed by atoms with Gasteiger partial charge in [0.05, 0.1) is 18.2 Å². The fourth-order valence-electron chi connectivity index (χ4n) is 4.13. The molecule has 0 aromatic carbocycles. The quantitative estimate of drug-likeness (QED) is 0.370. The Bertz CT molecular complexity index is 494. The third kappa shape index (κ3) is 5.14. The van der Waals surface area contributed by atoms with Gasteiger partial charge in [0.2, 0.25) is 5.91 Å². The summed E-state index contributed by atoms with van der Waals surface area (Å²) in [6.07, 6.45) is -1.50. The minimum absolute atomic E-state index is 0.223. The molecule has 0 aromatic rings. The SMILES string of the molecule is CCC[C@@H]1C[C@@H](C(=O)NC(C2O[C@H](SC)[C@H](O)[C@@H](O)[C@H]2O)[C@H](C)O)N(C)C1. The summed E-state index contributed by atoms with van der Waals surface area (Å²) in [4.78, 5) is 14.9. The fraction of sp³-hybridized carbons (Fsp3) is 0.944. The second kappa shape index (κ2) is 9.87. The summed E-state index contributed by atoms with van der Waals surface area (Å²) in [6.45, 7) is 4.48. The molecule has 0 aliphatic carbocycles. The number of aliphatic hydroxyl groups excluding tert-OH is 4. The van der Waals surface area contributed by atoms with Gasteiger partial charge in [0.1, 0.15) is 29.9 Å². The lowest BCUT2D eigenvalue weighted by atomic mass is 9.92. The average molecular weight is 407 g/mol. The Morgan fingerprint density at radius 1 is 1.30 bits per heavy atom. The van der Waals surface area contributed by atoms with Crippen molar-refractivity contribution in [2.75, 3.05) is 19.8 Å². The zero-order valence-corrected chi connectivity index (χ0v) is 17.3. The number of hydrogen-bond acceptors (Lipinski definition) is 8. The zero-order valence-electron chi connectivity index (χ0n) is 16.5. The van der Waals surface area contributed by atoms with E-state index in [0.717, 1.165) is 25.8 Å². The molecule has 2 saturated heterocycles. The summed E-state index contributed by atoms with van der Waals surface area (Å²) in [5.74, 6) is 0.245. The van der Waals surface area contributed by atoms with Crippen LogP contribution in [0.1, 0.15) is 33.1 Å². The molecular weight excluding hydrogens is 372 g/mol. The van der Waals surface area contributed by atoms with Crippen LogP contribution in [-0.4, -0.2) is 99.1 Å². The third-order valence-corrected chi connectivity index (χ3v) is 6.51. The predicted molar refractivity (Wildman–Crippen MR) is 103 cm³/mol. The van der Waals surface area contributed by atoms with Crippen molar-refractivity contribution in [2.45, 2.75) is 81.1 Å². The van der Waals surface area contributed by atoms with Crippen LogP contribution in [0.4, 0.5) is 0 Å². The van der Waals surface area contributed by atoms with Gasteiger partial charge in [0, 0.05) is 6.54 Å². The number of ether oxygens (including phenoxy) is 1. The van der Waals surface area contributed by atoms with Crippen LogP contribution in [0, 0.1) is 5.92 Å². The molecular formula is C18H34N2O6S. The lowest BCUT2D eigenvalue weighted by Gasteiger charge is -2.44. The van der Waals surface area contributed by atoms with Crippen molar-refractivity contribution >= 4 is 17.7 Å². The topological polar surface area (TPSA) is 122 Å². The summed E-state index contributed by atoms with van der Waals surface area (Å²) < 4.78 is 5.72. The van der Waals surface area contributed by atoms with Crippen molar-refractivity contribution in [3.8, 4) is 0 Å². The zero-order chi connectivity index (χ0) is 20.3. The summed E-state index contributed by atoms with van der Waals surface area (Å²) in [6, 6.07) is -1.20. The van der Waals surface area contributed by atoms with Crippen molar-refractivity contribution in [3.63, 3.8) is 0 Å². The number of carbonyl (C=O) groups is 1. The highest BCUT2D eigenvalue weighted by Gasteiger charge is 2.48. The molecule has 2 aliphatic heterocycles. The maximum absolute atomic E-state index is 12.8. The van der Waals surface area contributed by atoms with Gasteiger partial charge in [-0.15, -0.1) is 11.8 Å². The summed E-state index contributed by atoms with van der Waals surface area (Å²) in [5.41, 5.74) is -0.755. The van der Waals surface area contributed by atoms with E-state index in [4.69, 9.17) is 4.74 Å². The highest BCUT2D eigenvalue weighted by molar-refractivity contribution is 7.99. The molecule has 9 heteroatoms. The minimum atomic E-state index is -1.42. The predicted octanol–water partition coefficient (Wildman–Crippen LogP) is -0.857. The smallest absolute Gasteiger partial charge is 0.237 e. The number of aliphatic hydroxyl groups is 4. The van der Waals surface area contributed by atoms with Gasteiger partial charge >= 0.3 is 0 Å². The van der Waals surface area contributed by atoms with E-state index in [1.807, 2.05) is 11.9 Å². The number of likely N-dealkylation sites (N-methyl/N-ethyl adjacent to an activating group) is 1. The van der Waals surface area contributed by atoms with E-state index in [1.165, 1.54) is 18.7 Å². The second-order valence-corrected chi connectivity index (χ2v) is 8.73. The molecule has 0 aromatic heterocycles. The largest absolute Gasteiger partial charge is 0.391 e. The highest BCUT2D eigenvalue weighted by atomic mass is 32.2. The van der Waals surface area contributed by atoms with E-state index in [2.05, 4.69) is 12.2 Å². The van der Waals surface area contributed by atoms with Gasteiger partial charge in [0.15, 0.2) is 0 Å². The van der Waals surface area contributed by atoms with Crippen LogP contribution in [0.5, 0.6) is 0 Å². The van der Waals surface area contributed by atoms with Crippen LogP contribution in [-0.2, 0) is 9.53 Å². The van der Waals surface area contributed by atoms with Crippen molar-refractivity contribution in [3.05, 3.63) is 0 Å². The number of nitrogens with zero attached hydrogens (tertiary/aromatic N) is 1. The van der Waals surface area contributed by atoms with Gasteiger partial charge in [-0.2, -0.15) is 0 Å². The van der Waals surface area contributed by atoms with E-state index >= 15 is 0 Å². The molecule has 9 atom stereocenters. The Morgan fingerprint density at radius 2 is 1.96 bits per heavy atom. The Balaban J connectivity index is 2.09. The summed E-state index contributed by atoms with van der Waals surface area (Å²) >= 11 is 1.20. The lowest BCUT2D eigenvalue weighted by molar-refractivity contribution is -0.211. The second-order valence-electron chi connectivity index (χ2n) is 7.80. The summed E-state index contributed by atoms with van der Waals surface area (Å²) in [7, 11) is 1.91. The molecule has 1 amide bonds. The van der Waals surface area contributed by atoms with Crippen molar-refractivity contribution < 1.29 is 30.0 Å². The van der Waals surface area contributed by atoms with Crippen LogP contribution < -0.4 is 5.32 Å². The average Bonchev–Trinajstić information content (AvgIpc) is 2.99. The number of thioether (sulfide) groups is 1. The van der Waals surface area contributed by atoms with Crippen LogP contribution in [0.3, 0.4) is 0 Å². The Labute approximate surface area is 165 Å². The van der Waals surface area contributed by atoms with Gasteiger partial charge < -0.3 is 30.5 Å². The molecule has 0 spiro atoms. The molecule has 0 bridgehead atoms. The van der Waals surface area contributed by atoms with E-state index in [0.29, 0.717) is 5.92 Å². The fourth-order valence-corrected chi connectivity index (χ4v) is 4.81. The molecule has 2 unspecified atom stereocenters. The first kappa shape index (κ1) is 22.9. The maximum atomic E-state index is 12.8. The molecule has 0 radical (unpaired) electrons. The maximum Gasteiger partial charge on any atom is 0.237 e. The minimum Gasteiger partial charge on any atom is -0.391 e. The van der Waals surface area contributed by atoms with Crippen LogP contribution in [0.25, 0.3) is 0 Å². The van der Waals surface area contributed by atoms with Crippen LogP contribution >= 0.6 is 11.8 Å². The lowest BCUT2D eigenvalue weighted by Crippen LogP contribution is -2.65. The number of nitrogens with one attached hydrogen (secondary N) is 1. The van der Waals surface area contributed by atoms with Gasteiger partial charge in [-0.1, -0.05) is 13.3 Å². The van der Waals surface area contributed by atoms with E-state index < -0.39 is 42.0 Å². The molecule has 158 valence electrons. The highest BCUT2D eigenvalue weighted by Crippen LogP contribution is 2.30. The van der Waals surface area contributed by atoms with Crippen LogP contribution in [0.2, 0.25) is 0 Å². The number of hydrogen-bond donors (Lipinski definition) is 5. The first-order valence-electron chi connectivity index (χ1n) is 9.62. The molecule has 2 heterocycles. The van der Waals surface area contributed by atoms with Crippen molar-refractivity contribution in [2.24, 2.45) is 5.92 Å². The van der Waals surface area contributed by atoms with Crippen molar-refractivity contribution in [1.29, 1.82) is 0 Å². The van der Waals surface area contributed by atoms with Gasteiger partial charge in [-0.3, -0.25) is 9.69 Å². The number of likely N-dealkylation sites (tertiary alicyclic amines) is 1. The first-order valence-corrected chi connectivity index (χ1v) is 10.9. The Hall–Kier alpha value is -0.420. The molecule has 2 fully saturated rings. The Morgan fingerprint density at radius 3 is 2.52 bits per heavy atom. The normalized spacial score (nSPS) is 39.9. The van der Waals surface area contributed by atoms with E-state index in [9.17, 15) is 25.2 Å². The molecule has 8 nitrogen and oxygen atoms in total. The Kier molecular flexibility index (Phi) is 8.35. The van der Waals surface area contributed by atoms with Crippen molar-refractivity contribution in [1.82, 2.24) is 10.2 Å². The number of amides is 1. The number of carbonyl (C=O) groups excluding carboxylic acids is 1. The molecule has 2 rings (SSSR count). The standard InChI is InChI=1S/C18H34N2O6S/c1-5-6-10-7-11(20(3)8-10)17(25)19-12(9(2)21)16-14(23)13(22)15(24)18(26-16)27-4/h9-16,18,21-24H,5-8H2,1-4H3,(H,19,25)/t9-,10+,11-,12?,13-,14+,15+,16?,18+/m0/s1. The first-order chi connectivity index (χ1) is 12.7. The summed E-state index contributed by atoms with van der Waals surface area (Å²) in [5, 5.41) is 43.5. The molecule has 0 saturated carbocycles. The van der Waals surface area contributed by atoms with Gasteiger partial charge in [0.25, 0.3) is 0 Å². The van der Waals surface area contributed by atoms with Gasteiger partial charge in [-0.05, 0) is 39.0 Å². The molecule has 2 aliphatic rings. The van der Waals surface area contributed by atoms with Crippen LogP contribution in [0.15, 0.2) is 0 Å². The third-order valence-electron chi connectivity index (χ3n) is 5.66. The number of rotatable bonds is 7. The monoisotopic (exact) mass is 406 g/mol. The molecule has 5 N–H and O–H groups in total. The van der Waals surface area contributed by atoms with E-state index in [-0.39, 0.29) is 11.9 Å². The van der Waals surface area contributed by atoms with Gasteiger partial charge in [-0.25, -0.2) is 0 Å².